The minimum atomic E-state index is -0.212. The molecule has 2 heterocycles. The van der Waals surface area contributed by atoms with Gasteiger partial charge >= 0.3 is 0 Å². The molecule has 3 nitrogen and oxygen atoms in total. The van der Waals surface area contributed by atoms with Crippen LogP contribution in [0.2, 0.25) is 5.02 Å². The monoisotopic (exact) mass is 279 g/mol. The van der Waals surface area contributed by atoms with Crippen molar-refractivity contribution in [2.24, 2.45) is 5.73 Å². The van der Waals surface area contributed by atoms with Gasteiger partial charge in [-0.3, -0.25) is 0 Å². The van der Waals surface area contributed by atoms with Crippen LogP contribution in [0.25, 0.3) is 0 Å². The van der Waals surface area contributed by atoms with Crippen molar-refractivity contribution in [3.05, 3.63) is 21.7 Å². The van der Waals surface area contributed by atoms with Gasteiger partial charge < -0.3 is 15.2 Å². The van der Waals surface area contributed by atoms with E-state index in [-0.39, 0.29) is 17.7 Å². The molecule has 0 spiro atoms. The molecule has 102 valence electrons. The molecule has 0 aromatic heterocycles. The van der Waals surface area contributed by atoms with Gasteiger partial charge in [0.05, 0.1) is 5.02 Å². The van der Waals surface area contributed by atoms with Gasteiger partial charge in [0.1, 0.15) is 23.7 Å². The summed E-state index contributed by atoms with van der Waals surface area (Å²) in [5.74, 6) is 1.81. The van der Waals surface area contributed by atoms with Crippen LogP contribution in [-0.4, -0.2) is 12.2 Å². The molecule has 19 heavy (non-hydrogen) atoms. The van der Waals surface area contributed by atoms with E-state index in [1.165, 1.54) is 11.1 Å². The fourth-order valence-electron chi connectivity index (χ4n) is 3.37. The van der Waals surface area contributed by atoms with Crippen LogP contribution in [0.3, 0.4) is 0 Å². The van der Waals surface area contributed by atoms with E-state index in [1.807, 2.05) is 0 Å². The number of nitrogens with two attached hydrogens (primary N) is 1. The van der Waals surface area contributed by atoms with E-state index >= 15 is 0 Å². The van der Waals surface area contributed by atoms with Crippen LogP contribution in [0.15, 0.2) is 0 Å². The zero-order valence-electron chi connectivity index (χ0n) is 11.3. The zero-order chi connectivity index (χ0) is 13.4. The Morgan fingerprint density at radius 3 is 2.26 bits per heavy atom. The summed E-state index contributed by atoms with van der Waals surface area (Å²) in [6.07, 6.45) is 4.14. The Bertz CT molecular complexity index is 541. The summed E-state index contributed by atoms with van der Waals surface area (Å²) in [7, 11) is 0. The topological polar surface area (TPSA) is 44.5 Å². The molecule has 2 aliphatic heterocycles. The second-order valence-electron chi connectivity index (χ2n) is 6.23. The van der Waals surface area contributed by atoms with Crippen LogP contribution in [-0.2, 0) is 18.4 Å². The molecule has 2 N–H and O–H groups in total. The molecule has 1 aromatic carbocycles. The lowest BCUT2D eigenvalue weighted by Gasteiger charge is -2.19. The molecule has 4 rings (SSSR count). The Morgan fingerprint density at radius 1 is 1.05 bits per heavy atom. The SMILES string of the molecule is CC1Cc2c(c(Cl)c3c(c2C2(N)CC2)OC(C)C3)O1. The molecule has 1 aromatic rings. The molecule has 0 amide bonds. The lowest BCUT2D eigenvalue weighted by atomic mass is 9.92. The summed E-state index contributed by atoms with van der Waals surface area (Å²) >= 11 is 6.53. The summed E-state index contributed by atoms with van der Waals surface area (Å²) in [6.45, 7) is 4.15. The molecule has 2 unspecified atom stereocenters. The van der Waals surface area contributed by atoms with Gasteiger partial charge in [-0.2, -0.15) is 0 Å². The average Bonchev–Trinajstić information content (AvgIpc) is 2.79. The fourth-order valence-corrected chi connectivity index (χ4v) is 3.69. The highest BCUT2D eigenvalue weighted by atomic mass is 35.5. The minimum Gasteiger partial charge on any atom is -0.490 e. The van der Waals surface area contributed by atoms with E-state index in [2.05, 4.69) is 13.8 Å². The van der Waals surface area contributed by atoms with E-state index in [9.17, 15) is 0 Å². The second kappa shape index (κ2) is 3.58. The molecule has 4 heteroatoms. The van der Waals surface area contributed by atoms with Gasteiger partial charge in [0, 0.05) is 35.1 Å². The molecule has 0 saturated heterocycles. The number of hydrogen-bond donors (Lipinski definition) is 1. The lowest BCUT2D eigenvalue weighted by Crippen LogP contribution is -2.22. The first-order valence-electron chi connectivity index (χ1n) is 6.99. The first-order chi connectivity index (χ1) is 8.99. The van der Waals surface area contributed by atoms with Crippen molar-refractivity contribution in [1.29, 1.82) is 0 Å². The maximum absolute atomic E-state index is 6.53. The van der Waals surface area contributed by atoms with Gasteiger partial charge in [-0.05, 0) is 26.7 Å². The first-order valence-corrected chi connectivity index (χ1v) is 7.37. The fraction of sp³-hybridized carbons (Fsp3) is 0.600. The maximum Gasteiger partial charge on any atom is 0.142 e. The number of benzene rings is 1. The quantitative estimate of drug-likeness (QED) is 0.860. The Balaban J connectivity index is 2.00. The zero-order valence-corrected chi connectivity index (χ0v) is 12.0. The third-order valence-electron chi connectivity index (χ3n) is 4.45. The predicted octanol–water partition coefficient (Wildman–Crippen LogP) is 2.93. The van der Waals surface area contributed by atoms with Gasteiger partial charge in [0.25, 0.3) is 0 Å². The average molecular weight is 280 g/mol. The van der Waals surface area contributed by atoms with E-state index in [0.29, 0.717) is 0 Å². The van der Waals surface area contributed by atoms with E-state index in [4.69, 9.17) is 26.8 Å². The largest absolute Gasteiger partial charge is 0.490 e. The molecule has 1 fully saturated rings. The molecule has 1 saturated carbocycles. The molecular weight excluding hydrogens is 262 g/mol. The van der Waals surface area contributed by atoms with Gasteiger partial charge in [-0.25, -0.2) is 0 Å². The molecule has 3 aliphatic rings. The third kappa shape index (κ3) is 1.55. The van der Waals surface area contributed by atoms with Gasteiger partial charge in [-0.1, -0.05) is 11.6 Å². The standard InChI is InChI=1S/C15H18ClNO2/c1-7-5-9-11(15(17)3-4-15)13-10(6-8(2)18-13)12(16)14(9)19-7/h7-8H,3-6,17H2,1-2H3. The van der Waals surface area contributed by atoms with E-state index in [1.54, 1.807) is 0 Å². The normalized spacial score (nSPS) is 29.5. The number of halogens is 1. The van der Waals surface area contributed by atoms with Crippen LogP contribution in [0.1, 0.15) is 43.4 Å². The van der Waals surface area contributed by atoms with Crippen LogP contribution in [0.4, 0.5) is 0 Å². The van der Waals surface area contributed by atoms with Crippen LogP contribution < -0.4 is 15.2 Å². The molecule has 1 aliphatic carbocycles. The van der Waals surface area contributed by atoms with Crippen molar-refractivity contribution in [3.63, 3.8) is 0 Å². The highest BCUT2D eigenvalue weighted by Crippen LogP contribution is 2.57. The summed E-state index contributed by atoms with van der Waals surface area (Å²) in [6, 6.07) is 0. The number of fused-ring (bicyclic) bond motifs is 2. The second-order valence-corrected chi connectivity index (χ2v) is 6.60. The van der Waals surface area contributed by atoms with Crippen LogP contribution in [0.5, 0.6) is 11.5 Å². The smallest absolute Gasteiger partial charge is 0.142 e. The van der Waals surface area contributed by atoms with Crippen molar-refractivity contribution in [2.45, 2.75) is 57.3 Å². The summed E-state index contributed by atoms with van der Waals surface area (Å²) in [4.78, 5) is 0. The Morgan fingerprint density at radius 2 is 1.63 bits per heavy atom. The van der Waals surface area contributed by atoms with Gasteiger partial charge in [0.15, 0.2) is 0 Å². The lowest BCUT2D eigenvalue weighted by molar-refractivity contribution is 0.250. The molecule has 2 atom stereocenters. The van der Waals surface area contributed by atoms with Crippen molar-refractivity contribution in [1.82, 2.24) is 0 Å². The van der Waals surface area contributed by atoms with Crippen molar-refractivity contribution in [2.75, 3.05) is 0 Å². The van der Waals surface area contributed by atoms with Crippen molar-refractivity contribution < 1.29 is 9.47 Å². The highest BCUT2D eigenvalue weighted by Gasteiger charge is 2.48. The Kier molecular flexibility index (Phi) is 2.24. The van der Waals surface area contributed by atoms with E-state index < -0.39 is 0 Å². The van der Waals surface area contributed by atoms with Gasteiger partial charge in [-0.15, -0.1) is 0 Å². The summed E-state index contributed by atoms with van der Waals surface area (Å²) < 4.78 is 11.9. The Labute approximate surface area is 118 Å². The third-order valence-corrected chi connectivity index (χ3v) is 4.85. The number of ether oxygens (including phenoxy) is 2. The van der Waals surface area contributed by atoms with Crippen molar-refractivity contribution in [3.8, 4) is 11.5 Å². The summed E-state index contributed by atoms with van der Waals surface area (Å²) in [5.41, 5.74) is 9.72. The molecule has 0 bridgehead atoms. The molecule has 0 radical (unpaired) electrons. The van der Waals surface area contributed by atoms with E-state index in [0.717, 1.165) is 47.8 Å². The number of rotatable bonds is 1. The van der Waals surface area contributed by atoms with Crippen LogP contribution >= 0.6 is 11.6 Å². The maximum atomic E-state index is 6.53. The first kappa shape index (κ1) is 11.9. The highest BCUT2D eigenvalue weighted by molar-refractivity contribution is 6.33. The van der Waals surface area contributed by atoms with Crippen molar-refractivity contribution >= 4 is 11.6 Å². The minimum absolute atomic E-state index is 0.175. The number of hydrogen-bond acceptors (Lipinski definition) is 3. The predicted molar refractivity (Wildman–Crippen MR) is 74.1 cm³/mol. The Hall–Kier alpha value is -0.930. The molecular formula is C15H18ClNO2. The van der Waals surface area contributed by atoms with Crippen LogP contribution in [0, 0.1) is 0 Å². The summed E-state index contributed by atoms with van der Waals surface area (Å²) in [5, 5.41) is 0.742. The van der Waals surface area contributed by atoms with Gasteiger partial charge in [0.2, 0.25) is 0 Å².